The molecule has 0 saturated heterocycles. The third-order valence-electron chi connectivity index (χ3n) is 3.14. The predicted octanol–water partition coefficient (Wildman–Crippen LogP) is 4.08. The van der Waals surface area contributed by atoms with Crippen molar-refractivity contribution < 1.29 is 9.18 Å². The van der Waals surface area contributed by atoms with Gasteiger partial charge in [-0.05, 0) is 24.4 Å². The first kappa shape index (κ1) is 16.2. The largest absolute Gasteiger partial charge is 0.308 e. The zero-order valence-corrected chi connectivity index (χ0v) is 14.0. The normalized spacial score (nSPS) is 10.2. The number of hydrogen-bond acceptors (Lipinski definition) is 4. The van der Waals surface area contributed by atoms with E-state index in [0.29, 0.717) is 5.13 Å². The van der Waals surface area contributed by atoms with Crippen LogP contribution in [0.15, 0.2) is 60.0 Å². The van der Waals surface area contributed by atoms with Crippen LogP contribution in [0.2, 0.25) is 0 Å². The van der Waals surface area contributed by atoms with E-state index < -0.39 is 11.7 Å². The lowest BCUT2D eigenvalue weighted by Crippen LogP contribution is -2.34. The van der Waals surface area contributed by atoms with Crippen LogP contribution in [0.25, 0.3) is 11.3 Å². The van der Waals surface area contributed by atoms with Crippen LogP contribution in [0.4, 0.5) is 9.52 Å². The summed E-state index contributed by atoms with van der Waals surface area (Å²) in [6, 6.07) is 15.4. The van der Waals surface area contributed by atoms with Crippen molar-refractivity contribution in [1.29, 1.82) is 0 Å². The number of halogens is 1. The molecule has 24 heavy (non-hydrogen) atoms. The maximum absolute atomic E-state index is 13.6. The summed E-state index contributed by atoms with van der Waals surface area (Å²) in [4.78, 5) is 16.4. The molecule has 1 aromatic heterocycles. The molecule has 120 valence electrons. The Morgan fingerprint density at radius 3 is 2.54 bits per heavy atom. The van der Waals surface area contributed by atoms with E-state index in [1.807, 2.05) is 35.7 Å². The van der Waals surface area contributed by atoms with E-state index in [1.165, 1.54) is 29.5 Å². The van der Waals surface area contributed by atoms with Crippen LogP contribution < -0.4 is 10.6 Å². The Morgan fingerprint density at radius 1 is 1.08 bits per heavy atom. The number of hydrogen-bond donors (Lipinski definition) is 2. The minimum Gasteiger partial charge on any atom is -0.308 e. The average Bonchev–Trinajstić information content (AvgIpc) is 3.04. The Kier molecular flexibility index (Phi) is 4.93. The molecule has 1 heterocycles. The van der Waals surface area contributed by atoms with Gasteiger partial charge in [-0.3, -0.25) is 10.1 Å². The zero-order valence-electron chi connectivity index (χ0n) is 12.3. The summed E-state index contributed by atoms with van der Waals surface area (Å²) in [5.74, 6) is -1.20. The fraction of sp³-hybridized carbons (Fsp3) is 0. The summed E-state index contributed by atoms with van der Waals surface area (Å²) in [6.07, 6.45) is 0. The van der Waals surface area contributed by atoms with Crippen molar-refractivity contribution in [3.05, 3.63) is 71.4 Å². The number of aromatic nitrogens is 1. The lowest BCUT2D eigenvalue weighted by atomic mass is 10.2. The second kappa shape index (κ2) is 7.29. The van der Waals surface area contributed by atoms with Gasteiger partial charge in [-0.25, -0.2) is 9.37 Å². The molecular weight excluding hydrogens is 345 g/mol. The molecule has 1 amide bonds. The lowest BCUT2D eigenvalue weighted by Gasteiger charge is -2.07. The minimum absolute atomic E-state index is 0.0641. The van der Waals surface area contributed by atoms with Crippen LogP contribution in [-0.4, -0.2) is 16.0 Å². The molecule has 0 spiro atoms. The highest BCUT2D eigenvalue weighted by molar-refractivity contribution is 7.80. The molecule has 0 saturated carbocycles. The van der Waals surface area contributed by atoms with Gasteiger partial charge in [0.15, 0.2) is 10.2 Å². The SMILES string of the molecule is O=C(NC(=S)Nc1nc(-c2ccccc2)cs1)c1ccccc1F. The molecule has 2 aromatic carbocycles. The third kappa shape index (κ3) is 3.81. The topological polar surface area (TPSA) is 54.0 Å². The van der Waals surface area contributed by atoms with Gasteiger partial charge in [0.25, 0.3) is 5.91 Å². The highest BCUT2D eigenvalue weighted by Crippen LogP contribution is 2.24. The molecule has 3 aromatic rings. The van der Waals surface area contributed by atoms with Gasteiger partial charge in [-0.2, -0.15) is 0 Å². The first-order valence-corrected chi connectivity index (χ1v) is 8.30. The number of nitrogens with one attached hydrogen (secondary N) is 2. The molecule has 0 radical (unpaired) electrons. The second-order valence-corrected chi connectivity index (χ2v) is 6.06. The van der Waals surface area contributed by atoms with Crippen LogP contribution in [-0.2, 0) is 0 Å². The Balaban J connectivity index is 1.65. The van der Waals surface area contributed by atoms with Crippen LogP contribution >= 0.6 is 23.6 Å². The van der Waals surface area contributed by atoms with Gasteiger partial charge in [0.05, 0.1) is 11.3 Å². The quantitative estimate of drug-likeness (QED) is 0.694. The minimum atomic E-state index is -0.606. The molecule has 2 N–H and O–H groups in total. The van der Waals surface area contributed by atoms with Gasteiger partial charge in [0.2, 0.25) is 0 Å². The number of thiazole rings is 1. The second-order valence-electron chi connectivity index (χ2n) is 4.79. The van der Waals surface area contributed by atoms with E-state index in [4.69, 9.17) is 12.2 Å². The molecule has 0 aliphatic rings. The van der Waals surface area contributed by atoms with E-state index in [2.05, 4.69) is 15.6 Å². The summed E-state index contributed by atoms with van der Waals surface area (Å²) in [5, 5.41) is 7.78. The van der Waals surface area contributed by atoms with E-state index >= 15 is 0 Å². The standard InChI is InChI=1S/C17H12FN3OS2/c18-13-9-5-4-8-12(13)15(22)20-16(23)21-17-19-14(10-24-17)11-6-2-1-3-7-11/h1-10H,(H2,19,20,21,22,23). The number of carbonyl (C=O) groups is 1. The summed E-state index contributed by atoms with van der Waals surface area (Å²) in [5.41, 5.74) is 1.74. The number of rotatable bonds is 3. The molecule has 0 unspecified atom stereocenters. The number of carbonyl (C=O) groups excluding carboxylic acids is 1. The Labute approximate surface area is 147 Å². The molecule has 7 heteroatoms. The van der Waals surface area contributed by atoms with Gasteiger partial charge >= 0.3 is 0 Å². The van der Waals surface area contributed by atoms with Crippen molar-refractivity contribution in [2.75, 3.05) is 5.32 Å². The first-order valence-electron chi connectivity index (χ1n) is 7.01. The van der Waals surface area contributed by atoms with E-state index in [0.717, 1.165) is 11.3 Å². The van der Waals surface area contributed by atoms with Gasteiger partial charge in [0.1, 0.15) is 5.82 Å². The molecular formula is C17H12FN3OS2. The van der Waals surface area contributed by atoms with Gasteiger partial charge in [-0.15, -0.1) is 11.3 Å². The number of benzene rings is 2. The highest BCUT2D eigenvalue weighted by Gasteiger charge is 2.13. The van der Waals surface area contributed by atoms with Crippen molar-refractivity contribution in [1.82, 2.24) is 10.3 Å². The van der Waals surface area contributed by atoms with Gasteiger partial charge in [-0.1, -0.05) is 42.5 Å². The number of anilines is 1. The molecule has 0 aliphatic carbocycles. The zero-order chi connectivity index (χ0) is 16.9. The van der Waals surface area contributed by atoms with Crippen LogP contribution in [0.5, 0.6) is 0 Å². The smallest absolute Gasteiger partial charge is 0.260 e. The van der Waals surface area contributed by atoms with Crippen molar-refractivity contribution >= 4 is 39.7 Å². The van der Waals surface area contributed by atoms with Crippen molar-refractivity contribution in [2.45, 2.75) is 0 Å². The van der Waals surface area contributed by atoms with Gasteiger partial charge < -0.3 is 5.32 Å². The van der Waals surface area contributed by atoms with Crippen LogP contribution in [0, 0.1) is 5.82 Å². The highest BCUT2D eigenvalue weighted by atomic mass is 32.1. The maximum atomic E-state index is 13.6. The molecule has 4 nitrogen and oxygen atoms in total. The number of thiocarbonyl (C=S) groups is 1. The van der Waals surface area contributed by atoms with E-state index in [-0.39, 0.29) is 10.7 Å². The Bertz CT molecular complexity index is 880. The molecule has 0 aliphatic heterocycles. The first-order chi connectivity index (χ1) is 11.6. The number of nitrogens with zero attached hydrogens (tertiary/aromatic N) is 1. The fourth-order valence-corrected chi connectivity index (χ4v) is 2.99. The Morgan fingerprint density at radius 2 is 1.79 bits per heavy atom. The predicted molar refractivity (Wildman–Crippen MR) is 97.6 cm³/mol. The number of amides is 1. The maximum Gasteiger partial charge on any atom is 0.260 e. The van der Waals surface area contributed by atoms with Gasteiger partial charge in [0, 0.05) is 10.9 Å². The van der Waals surface area contributed by atoms with E-state index in [9.17, 15) is 9.18 Å². The van der Waals surface area contributed by atoms with E-state index in [1.54, 1.807) is 6.07 Å². The molecule has 0 fully saturated rings. The summed E-state index contributed by atoms with van der Waals surface area (Å²) in [7, 11) is 0. The van der Waals surface area contributed by atoms with Crippen molar-refractivity contribution in [3.8, 4) is 11.3 Å². The van der Waals surface area contributed by atoms with Crippen LogP contribution in [0.1, 0.15) is 10.4 Å². The Hall–Kier alpha value is -2.64. The molecule has 3 rings (SSSR count). The fourth-order valence-electron chi connectivity index (χ4n) is 2.02. The summed E-state index contributed by atoms with van der Waals surface area (Å²) >= 11 is 6.45. The monoisotopic (exact) mass is 357 g/mol. The van der Waals surface area contributed by atoms with Crippen molar-refractivity contribution in [3.63, 3.8) is 0 Å². The summed E-state index contributed by atoms with van der Waals surface area (Å²) < 4.78 is 13.6. The molecule has 0 atom stereocenters. The summed E-state index contributed by atoms with van der Waals surface area (Å²) in [6.45, 7) is 0. The van der Waals surface area contributed by atoms with Crippen molar-refractivity contribution in [2.24, 2.45) is 0 Å². The average molecular weight is 357 g/mol. The lowest BCUT2D eigenvalue weighted by molar-refractivity contribution is 0.0974. The third-order valence-corrected chi connectivity index (χ3v) is 4.10. The molecule has 0 bridgehead atoms. The van der Waals surface area contributed by atoms with Crippen LogP contribution in [0.3, 0.4) is 0 Å².